The fourth-order valence-corrected chi connectivity index (χ4v) is 4.37. The monoisotopic (exact) mass is 536 g/mol. The molecule has 0 spiro atoms. The fourth-order valence-electron chi connectivity index (χ4n) is 3.05. The Labute approximate surface area is 209 Å². The lowest BCUT2D eigenvalue weighted by molar-refractivity contribution is -0.137. The van der Waals surface area contributed by atoms with E-state index in [0.717, 1.165) is 30.0 Å². The molecule has 0 unspecified atom stereocenters. The lowest BCUT2D eigenvalue weighted by atomic mass is 10.2. The number of nitrogens with zero attached hydrogens (tertiary/aromatic N) is 4. The number of halogens is 4. The highest BCUT2D eigenvalue weighted by Crippen LogP contribution is 2.31. The zero-order valence-electron chi connectivity index (χ0n) is 18.1. The maximum atomic E-state index is 13.4. The summed E-state index contributed by atoms with van der Waals surface area (Å²) in [6.45, 7) is -0.218. The molecule has 186 valence electrons. The first-order valence-corrected chi connectivity index (χ1v) is 12.0. The number of hydrogen-bond acceptors (Lipinski definition) is 7. The van der Waals surface area contributed by atoms with Crippen molar-refractivity contribution in [1.29, 1.82) is 0 Å². The molecule has 2 N–H and O–H groups in total. The summed E-state index contributed by atoms with van der Waals surface area (Å²) in [4.78, 5) is 28.7. The average molecular weight is 537 g/mol. The van der Waals surface area contributed by atoms with Crippen LogP contribution in [0.4, 0.5) is 22.7 Å². The maximum absolute atomic E-state index is 13.4. The zero-order chi connectivity index (χ0) is 25.7. The highest BCUT2D eigenvalue weighted by atomic mass is 32.2. The van der Waals surface area contributed by atoms with Crippen molar-refractivity contribution < 1.29 is 27.2 Å². The molecule has 36 heavy (non-hydrogen) atoms. The van der Waals surface area contributed by atoms with Crippen molar-refractivity contribution in [3.8, 4) is 5.69 Å². The van der Waals surface area contributed by atoms with Crippen molar-refractivity contribution in [2.24, 2.45) is 0 Å². The minimum absolute atomic E-state index is 0.0635. The van der Waals surface area contributed by atoms with Crippen LogP contribution in [-0.2, 0) is 17.5 Å². The molecule has 8 nitrogen and oxygen atoms in total. The Balaban J connectivity index is 1.58. The van der Waals surface area contributed by atoms with Gasteiger partial charge in [-0.3, -0.25) is 14.2 Å². The molecule has 2 aromatic heterocycles. The van der Waals surface area contributed by atoms with Gasteiger partial charge in [0.1, 0.15) is 5.82 Å². The fraction of sp³-hybridized carbons (Fsp3) is 0.136. The SMILES string of the molecule is O=C(CSc1nnc(CNC(=O)c2cccc(F)c2)n1-c1cccc(C(F)(F)F)c1)Nc1nccs1. The zero-order valence-corrected chi connectivity index (χ0v) is 19.8. The molecule has 0 aliphatic carbocycles. The van der Waals surface area contributed by atoms with Crippen molar-refractivity contribution in [3.63, 3.8) is 0 Å². The van der Waals surface area contributed by atoms with Crippen molar-refractivity contribution in [2.75, 3.05) is 11.1 Å². The number of benzene rings is 2. The summed E-state index contributed by atoms with van der Waals surface area (Å²) >= 11 is 2.18. The number of anilines is 1. The van der Waals surface area contributed by atoms with E-state index in [9.17, 15) is 27.2 Å². The smallest absolute Gasteiger partial charge is 0.345 e. The first-order chi connectivity index (χ1) is 17.2. The number of rotatable bonds is 8. The number of thioether (sulfide) groups is 1. The second-order valence-electron chi connectivity index (χ2n) is 7.15. The van der Waals surface area contributed by atoms with Crippen LogP contribution in [0.5, 0.6) is 0 Å². The second kappa shape index (κ2) is 10.9. The van der Waals surface area contributed by atoms with E-state index >= 15 is 0 Å². The maximum Gasteiger partial charge on any atom is 0.416 e. The second-order valence-corrected chi connectivity index (χ2v) is 8.99. The van der Waals surface area contributed by atoms with Crippen LogP contribution in [0.15, 0.2) is 65.3 Å². The molecule has 0 radical (unpaired) electrons. The Morgan fingerprint density at radius 1 is 1.08 bits per heavy atom. The third-order valence-corrected chi connectivity index (χ3v) is 6.25. The van der Waals surface area contributed by atoms with Gasteiger partial charge in [0.05, 0.1) is 23.5 Å². The number of alkyl halides is 3. The predicted molar refractivity (Wildman–Crippen MR) is 125 cm³/mol. The molecular weight excluding hydrogens is 520 g/mol. The molecule has 0 fully saturated rings. The van der Waals surface area contributed by atoms with Crippen LogP contribution in [-0.4, -0.2) is 37.3 Å². The van der Waals surface area contributed by atoms with E-state index < -0.39 is 29.4 Å². The minimum atomic E-state index is -4.59. The number of carbonyl (C=O) groups excluding carboxylic acids is 2. The lowest BCUT2D eigenvalue weighted by Gasteiger charge is -2.13. The van der Waals surface area contributed by atoms with Gasteiger partial charge in [-0.15, -0.1) is 21.5 Å². The minimum Gasteiger partial charge on any atom is -0.345 e. The van der Waals surface area contributed by atoms with Gasteiger partial charge in [0, 0.05) is 17.1 Å². The molecule has 0 aliphatic heterocycles. The highest BCUT2D eigenvalue weighted by Gasteiger charge is 2.31. The number of aromatic nitrogens is 4. The molecule has 0 saturated carbocycles. The van der Waals surface area contributed by atoms with Gasteiger partial charge in [-0.25, -0.2) is 9.37 Å². The van der Waals surface area contributed by atoms with Crippen LogP contribution in [0.1, 0.15) is 21.7 Å². The quantitative estimate of drug-likeness (QED) is 0.253. The van der Waals surface area contributed by atoms with E-state index in [4.69, 9.17) is 0 Å². The van der Waals surface area contributed by atoms with E-state index in [-0.39, 0.29) is 34.5 Å². The van der Waals surface area contributed by atoms with Gasteiger partial charge in [0.2, 0.25) is 5.91 Å². The van der Waals surface area contributed by atoms with Gasteiger partial charge >= 0.3 is 6.18 Å². The summed E-state index contributed by atoms with van der Waals surface area (Å²) in [7, 11) is 0. The van der Waals surface area contributed by atoms with E-state index in [2.05, 4.69) is 25.8 Å². The van der Waals surface area contributed by atoms with Crippen LogP contribution < -0.4 is 10.6 Å². The van der Waals surface area contributed by atoms with Crippen LogP contribution >= 0.6 is 23.1 Å². The van der Waals surface area contributed by atoms with E-state index in [1.165, 1.54) is 52.4 Å². The standard InChI is InChI=1S/C22H16F4N6O2S2/c23-15-5-1-3-13(9-15)19(34)28-11-17-30-31-21(36-12-18(33)29-20-27-7-8-35-20)32(17)16-6-2-4-14(10-16)22(24,25)26/h1-10H,11-12H2,(H,28,34)(H,27,29,33). The van der Waals surface area contributed by atoms with Crippen LogP contribution in [0.25, 0.3) is 5.69 Å². The average Bonchev–Trinajstić information content (AvgIpc) is 3.50. The molecule has 0 bridgehead atoms. The predicted octanol–water partition coefficient (Wildman–Crippen LogP) is 4.54. The summed E-state index contributed by atoms with van der Waals surface area (Å²) in [5.41, 5.74) is -0.734. The Morgan fingerprint density at radius 2 is 1.89 bits per heavy atom. The molecule has 2 heterocycles. The summed E-state index contributed by atoms with van der Waals surface area (Å²) in [6.07, 6.45) is -3.06. The number of carbonyl (C=O) groups is 2. The van der Waals surface area contributed by atoms with Gasteiger partial charge in [-0.05, 0) is 36.4 Å². The van der Waals surface area contributed by atoms with E-state index in [1.807, 2.05) is 0 Å². The molecule has 0 atom stereocenters. The molecule has 14 heteroatoms. The van der Waals surface area contributed by atoms with Crippen molar-refractivity contribution in [2.45, 2.75) is 17.9 Å². The molecule has 2 amide bonds. The Kier molecular flexibility index (Phi) is 7.64. The first kappa shape index (κ1) is 25.3. The molecule has 0 saturated heterocycles. The van der Waals surface area contributed by atoms with E-state index in [1.54, 1.807) is 5.38 Å². The van der Waals surface area contributed by atoms with Gasteiger partial charge < -0.3 is 10.6 Å². The lowest BCUT2D eigenvalue weighted by Crippen LogP contribution is -2.25. The Hall–Kier alpha value is -3.78. The normalized spacial score (nSPS) is 11.3. The molecule has 4 aromatic rings. The number of hydrogen-bond donors (Lipinski definition) is 2. The Bertz CT molecular complexity index is 1380. The number of amides is 2. The topological polar surface area (TPSA) is 102 Å². The van der Waals surface area contributed by atoms with Gasteiger partial charge in [-0.2, -0.15) is 13.2 Å². The summed E-state index contributed by atoms with van der Waals surface area (Å²) in [6, 6.07) is 9.53. The van der Waals surface area contributed by atoms with Gasteiger partial charge in [0.25, 0.3) is 5.91 Å². The number of nitrogens with one attached hydrogen (secondary N) is 2. The third-order valence-electron chi connectivity index (χ3n) is 4.64. The Morgan fingerprint density at radius 3 is 2.61 bits per heavy atom. The van der Waals surface area contributed by atoms with Crippen molar-refractivity contribution in [3.05, 3.63) is 82.9 Å². The highest BCUT2D eigenvalue weighted by molar-refractivity contribution is 7.99. The third kappa shape index (κ3) is 6.26. The molecular formula is C22H16F4N6O2S2. The number of thiazole rings is 1. The van der Waals surface area contributed by atoms with E-state index in [0.29, 0.717) is 5.13 Å². The molecule has 4 rings (SSSR count). The van der Waals surface area contributed by atoms with Crippen LogP contribution in [0, 0.1) is 5.82 Å². The van der Waals surface area contributed by atoms with Gasteiger partial charge in [-0.1, -0.05) is 23.9 Å². The largest absolute Gasteiger partial charge is 0.416 e. The van der Waals surface area contributed by atoms with Crippen molar-refractivity contribution in [1.82, 2.24) is 25.1 Å². The van der Waals surface area contributed by atoms with Crippen LogP contribution in [0.2, 0.25) is 0 Å². The molecule has 2 aromatic carbocycles. The van der Waals surface area contributed by atoms with Gasteiger partial charge in [0.15, 0.2) is 16.1 Å². The molecule has 0 aliphatic rings. The summed E-state index contributed by atoms with van der Waals surface area (Å²) in [5.74, 6) is -1.60. The first-order valence-electron chi connectivity index (χ1n) is 10.2. The van der Waals surface area contributed by atoms with Crippen LogP contribution in [0.3, 0.4) is 0 Å². The summed E-state index contributed by atoms with van der Waals surface area (Å²) in [5, 5.41) is 15.4. The summed E-state index contributed by atoms with van der Waals surface area (Å²) < 4.78 is 54.8. The van der Waals surface area contributed by atoms with Crippen molar-refractivity contribution >= 4 is 40.0 Å².